The Kier molecular flexibility index (Phi) is 61.0. The Labute approximate surface area is 485 Å². The van der Waals surface area contributed by atoms with Crippen LogP contribution in [0.2, 0.25) is 0 Å². The largest absolute Gasteiger partial charge is 0.462 e. The van der Waals surface area contributed by atoms with E-state index in [1.54, 1.807) is 0 Å². The molecule has 6 nitrogen and oxygen atoms in total. The highest BCUT2D eigenvalue weighted by molar-refractivity contribution is 5.71. The molecule has 1 atom stereocenters. The molecule has 0 saturated heterocycles. The van der Waals surface area contributed by atoms with Crippen molar-refractivity contribution in [3.05, 3.63) is 170 Å². The minimum atomic E-state index is -0.829. The summed E-state index contributed by atoms with van der Waals surface area (Å²) < 4.78 is 16.8. The first-order valence-electron chi connectivity index (χ1n) is 31.6. The van der Waals surface area contributed by atoms with Crippen molar-refractivity contribution in [3.8, 4) is 0 Å². The van der Waals surface area contributed by atoms with Gasteiger partial charge in [0, 0.05) is 19.3 Å². The van der Waals surface area contributed by atoms with Crippen molar-refractivity contribution in [2.75, 3.05) is 13.2 Å². The fourth-order valence-corrected chi connectivity index (χ4v) is 8.01. The quantitative estimate of drug-likeness (QED) is 0.0261. The number of ether oxygens (including phenoxy) is 3. The number of hydrogen-bond acceptors (Lipinski definition) is 6. The molecule has 0 aromatic rings. The van der Waals surface area contributed by atoms with Gasteiger partial charge in [-0.05, 0) is 154 Å². The molecule has 0 amide bonds. The topological polar surface area (TPSA) is 78.9 Å². The molecule has 0 aromatic heterocycles. The maximum Gasteiger partial charge on any atom is 0.306 e. The predicted octanol–water partition coefficient (Wildman–Crippen LogP) is 21.9. The molecule has 0 bridgehead atoms. The molecule has 0 aliphatic rings. The molecule has 0 spiro atoms. The molecule has 1 unspecified atom stereocenters. The fourth-order valence-electron chi connectivity index (χ4n) is 8.01. The Bertz CT molecular complexity index is 1820. The van der Waals surface area contributed by atoms with E-state index in [2.05, 4.69) is 191 Å². The minimum Gasteiger partial charge on any atom is -0.462 e. The summed E-state index contributed by atoms with van der Waals surface area (Å²) >= 11 is 0. The van der Waals surface area contributed by atoms with Crippen LogP contribution in [0.3, 0.4) is 0 Å². The van der Waals surface area contributed by atoms with Crippen molar-refractivity contribution in [3.63, 3.8) is 0 Å². The molecule has 0 heterocycles. The van der Waals surface area contributed by atoms with Gasteiger partial charge in [-0.15, -0.1) is 0 Å². The molecule has 0 aliphatic heterocycles. The second-order valence-electron chi connectivity index (χ2n) is 20.2. The third kappa shape index (κ3) is 63.5. The number of rotatable bonds is 55. The predicted molar refractivity (Wildman–Crippen MR) is 343 cm³/mol. The van der Waals surface area contributed by atoms with Gasteiger partial charge in [0.2, 0.25) is 0 Å². The lowest BCUT2D eigenvalue weighted by Crippen LogP contribution is -2.30. The summed E-state index contributed by atoms with van der Waals surface area (Å²) in [6.45, 7) is 6.33. The summed E-state index contributed by atoms with van der Waals surface area (Å²) in [5.74, 6) is -1.01. The van der Waals surface area contributed by atoms with Crippen LogP contribution in [0, 0.1) is 0 Å². The van der Waals surface area contributed by atoms with Crippen molar-refractivity contribution in [1.29, 1.82) is 0 Å². The lowest BCUT2D eigenvalue weighted by atomic mass is 10.1. The average molecular weight is 1090 g/mol. The van der Waals surface area contributed by atoms with Gasteiger partial charge in [-0.25, -0.2) is 0 Å². The van der Waals surface area contributed by atoms with Gasteiger partial charge in [0.1, 0.15) is 13.2 Å². The van der Waals surface area contributed by atoms with E-state index in [1.165, 1.54) is 51.4 Å². The van der Waals surface area contributed by atoms with E-state index in [0.717, 1.165) is 154 Å². The molecule has 79 heavy (non-hydrogen) atoms. The van der Waals surface area contributed by atoms with Crippen LogP contribution in [0.25, 0.3) is 0 Å². The highest BCUT2D eigenvalue weighted by atomic mass is 16.6. The first kappa shape index (κ1) is 73.8. The summed E-state index contributed by atoms with van der Waals surface area (Å²) in [6, 6.07) is 0. The number of allylic oxidation sites excluding steroid dienone is 28. The molecule has 6 heteroatoms. The summed E-state index contributed by atoms with van der Waals surface area (Å²) in [5, 5.41) is 0. The second kappa shape index (κ2) is 65.3. The van der Waals surface area contributed by atoms with Gasteiger partial charge in [0.15, 0.2) is 6.10 Å². The first-order valence-corrected chi connectivity index (χ1v) is 31.6. The van der Waals surface area contributed by atoms with Crippen molar-refractivity contribution < 1.29 is 28.6 Å². The fraction of sp³-hybridized carbons (Fsp3) is 0.575. The highest BCUT2D eigenvalue weighted by Gasteiger charge is 2.19. The molecule has 0 N–H and O–H groups in total. The molecule has 0 aliphatic carbocycles. The number of carbonyl (C=O) groups is 3. The van der Waals surface area contributed by atoms with Gasteiger partial charge in [0.25, 0.3) is 0 Å². The van der Waals surface area contributed by atoms with E-state index < -0.39 is 6.10 Å². The lowest BCUT2D eigenvalue weighted by Gasteiger charge is -2.18. The Morgan fingerprint density at radius 2 is 0.494 bits per heavy atom. The maximum absolute atomic E-state index is 12.9. The second-order valence-corrected chi connectivity index (χ2v) is 20.2. The monoisotopic (exact) mass is 1090 g/mol. The Hall–Kier alpha value is -5.23. The molecule has 0 aromatic carbocycles. The van der Waals surface area contributed by atoms with Crippen LogP contribution in [0.4, 0.5) is 0 Å². The minimum absolute atomic E-state index is 0.119. The van der Waals surface area contributed by atoms with Gasteiger partial charge >= 0.3 is 17.9 Å². The third-order valence-corrected chi connectivity index (χ3v) is 12.7. The summed E-state index contributed by atoms with van der Waals surface area (Å²) in [4.78, 5) is 38.3. The van der Waals surface area contributed by atoms with Crippen molar-refractivity contribution in [2.45, 2.75) is 258 Å². The molecular formula is C73H114O6. The standard InChI is InChI=1S/C73H114O6/c1-4-7-10-13-16-19-22-25-28-30-32-34-35-36-37-39-40-42-45-48-51-54-57-60-63-66-72(75)78-69-70(68-77-71(74)65-62-59-56-53-50-47-44-27-24-21-18-15-12-9-6-3)79-73(76)67-64-61-58-55-52-49-46-43-41-38-33-31-29-26-23-20-17-14-11-8-5-2/h7-8,10-11,16-17,19-20,25-29,32-34,36-38,40,42-44,46,48,51-52,55,70H,4-6,9,12-15,18,21-24,30-31,35,39,41,45,47,49-50,53-54,56-69H2,1-3H3/b10-7-,11-8-,19-16-,20-17-,28-25-,29-26-,34-32-,37-36-,38-33-,42-40-,44-27-,46-43-,51-48-,55-52-. The van der Waals surface area contributed by atoms with Gasteiger partial charge in [-0.2, -0.15) is 0 Å². The van der Waals surface area contributed by atoms with E-state index in [0.29, 0.717) is 19.3 Å². The highest BCUT2D eigenvalue weighted by Crippen LogP contribution is 2.13. The van der Waals surface area contributed by atoms with Gasteiger partial charge in [-0.3, -0.25) is 14.4 Å². The van der Waals surface area contributed by atoms with Crippen molar-refractivity contribution in [1.82, 2.24) is 0 Å². The Morgan fingerprint density at radius 3 is 0.823 bits per heavy atom. The molecule has 0 fully saturated rings. The third-order valence-electron chi connectivity index (χ3n) is 12.7. The maximum atomic E-state index is 12.9. The number of esters is 3. The number of hydrogen-bond donors (Lipinski definition) is 0. The van der Waals surface area contributed by atoms with Gasteiger partial charge in [0.05, 0.1) is 0 Å². The van der Waals surface area contributed by atoms with E-state index in [9.17, 15) is 14.4 Å². The van der Waals surface area contributed by atoms with Gasteiger partial charge in [-0.1, -0.05) is 249 Å². The van der Waals surface area contributed by atoms with Crippen LogP contribution in [0.1, 0.15) is 252 Å². The van der Waals surface area contributed by atoms with E-state index in [4.69, 9.17) is 14.2 Å². The average Bonchev–Trinajstić information content (AvgIpc) is 3.45. The smallest absolute Gasteiger partial charge is 0.306 e. The zero-order valence-electron chi connectivity index (χ0n) is 50.6. The Balaban J connectivity index is 4.56. The molecule has 0 radical (unpaired) electrons. The normalized spacial score (nSPS) is 13.3. The SMILES string of the molecule is CC/C=C\C/C=C\C/C=C\C/C=C\C/C=C\C/C=C\C/C=C\CCCCCC(=O)OCC(COC(=O)CCCCCCC/C=C\CCCCCCCC)OC(=O)CCCC/C=C\C/C=C\C/C=C\C/C=C\C/C=C\C/C=C\CC. The van der Waals surface area contributed by atoms with Crippen molar-refractivity contribution >= 4 is 17.9 Å². The summed E-state index contributed by atoms with van der Waals surface area (Å²) in [5.41, 5.74) is 0. The van der Waals surface area contributed by atoms with Crippen LogP contribution >= 0.6 is 0 Å². The zero-order chi connectivity index (χ0) is 57.1. The zero-order valence-corrected chi connectivity index (χ0v) is 50.6. The lowest BCUT2D eigenvalue weighted by molar-refractivity contribution is -0.167. The Morgan fingerprint density at radius 1 is 0.266 bits per heavy atom. The molecular weight excluding hydrogens is 973 g/mol. The number of unbranched alkanes of at least 4 members (excludes halogenated alkanes) is 16. The van der Waals surface area contributed by atoms with Crippen molar-refractivity contribution in [2.24, 2.45) is 0 Å². The molecule has 0 saturated carbocycles. The van der Waals surface area contributed by atoms with E-state index in [-0.39, 0.29) is 37.5 Å². The first-order chi connectivity index (χ1) is 39.0. The molecule has 442 valence electrons. The van der Waals surface area contributed by atoms with Crippen LogP contribution in [-0.2, 0) is 28.6 Å². The molecule has 0 rings (SSSR count). The van der Waals surface area contributed by atoms with Crippen LogP contribution in [0.5, 0.6) is 0 Å². The van der Waals surface area contributed by atoms with Crippen LogP contribution in [0.15, 0.2) is 170 Å². The van der Waals surface area contributed by atoms with Gasteiger partial charge < -0.3 is 14.2 Å². The number of carbonyl (C=O) groups excluding carboxylic acids is 3. The van der Waals surface area contributed by atoms with E-state index >= 15 is 0 Å². The summed E-state index contributed by atoms with van der Waals surface area (Å²) in [7, 11) is 0. The van der Waals surface area contributed by atoms with Crippen LogP contribution < -0.4 is 0 Å². The van der Waals surface area contributed by atoms with Crippen LogP contribution in [-0.4, -0.2) is 37.2 Å². The summed E-state index contributed by atoms with van der Waals surface area (Å²) in [6.07, 6.45) is 96.4. The van der Waals surface area contributed by atoms with E-state index in [1.807, 2.05) is 0 Å².